The summed E-state index contributed by atoms with van der Waals surface area (Å²) in [6.45, 7) is 0.0180. The fraction of sp³-hybridized carbons (Fsp3) is 0.158. The van der Waals surface area contributed by atoms with Gasteiger partial charge in [-0.1, -0.05) is 23.4 Å². The second-order valence-electron chi connectivity index (χ2n) is 6.53. The van der Waals surface area contributed by atoms with Crippen molar-refractivity contribution in [3.63, 3.8) is 0 Å². The normalized spacial score (nSPS) is 12.8. The van der Waals surface area contributed by atoms with Crippen LogP contribution in [0.15, 0.2) is 63.3 Å². The fourth-order valence-electron chi connectivity index (χ4n) is 2.56. The van der Waals surface area contributed by atoms with Crippen molar-refractivity contribution in [1.82, 2.24) is 15.1 Å². The molecule has 3 rings (SSSR count). The van der Waals surface area contributed by atoms with Gasteiger partial charge in [0.25, 0.3) is 10.1 Å². The number of aliphatic imine (C=N–C) groups is 1. The molecule has 1 aromatic carbocycles. The average molecular weight is 446 g/mol. The summed E-state index contributed by atoms with van der Waals surface area (Å²) in [6, 6.07) is 7.76. The Bertz CT molecular complexity index is 1240. The summed E-state index contributed by atoms with van der Waals surface area (Å²) < 4.78 is 51.3. The van der Waals surface area contributed by atoms with Gasteiger partial charge < -0.3 is 15.2 Å². The van der Waals surface area contributed by atoms with Gasteiger partial charge in [0, 0.05) is 25.7 Å². The van der Waals surface area contributed by atoms with Gasteiger partial charge in [0.1, 0.15) is 17.8 Å². The first-order valence-corrected chi connectivity index (χ1v) is 10.3. The number of halogens is 1. The van der Waals surface area contributed by atoms with E-state index in [1.54, 1.807) is 38.4 Å². The number of anilines is 1. The van der Waals surface area contributed by atoms with Crippen molar-refractivity contribution in [3.05, 3.63) is 71.8 Å². The van der Waals surface area contributed by atoms with Crippen LogP contribution in [0.5, 0.6) is 0 Å². The molecule has 162 valence electrons. The highest BCUT2D eigenvalue weighted by atomic mass is 32.2. The highest BCUT2D eigenvalue weighted by Crippen LogP contribution is 2.21. The minimum Gasteiger partial charge on any atom is -0.396 e. The van der Waals surface area contributed by atoms with Crippen molar-refractivity contribution in [2.45, 2.75) is 11.4 Å². The van der Waals surface area contributed by atoms with Gasteiger partial charge in [0.15, 0.2) is 16.5 Å². The van der Waals surface area contributed by atoms with E-state index in [4.69, 9.17) is 10.3 Å². The highest BCUT2D eigenvalue weighted by molar-refractivity contribution is 7.86. The molecule has 0 saturated carbocycles. The number of hydrogen-bond donors (Lipinski definition) is 2. The molecule has 10 nitrogen and oxygen atoms in total. The Morgan fingerprint density at radius 3 is 2.68 bits per heavy atom. The molecule has 0 saturated heterocycles. The van der Waals surface area contributed by atoms with Gasteiger partial charge in [-0.3, -0.25) is 9.55 Å². The first-order valence-electron chi connectivity index (χ1n) is 8.85. The van der Waals surface area contributed by atoms with E-state index in [2.05, 4.69) is 20.1 Å². The third kappa shape index (κ3) is 5.29. The van der Waals surface area contributed by atoms with Crippen LogP contribution in [0.25, 0.3) is 5.70 Å². The van der Waals surface area contributed by atoms with Crippen LogP contribution in [0.1, 0.15) is 17.1 Å². The van der Waals surface area contributed by atoms with Crippen LogP contribution in [-0.2, 0) is 16.7 Å². The maximum absolute atomic E-state index is 13.9. The minimum atomic E-state index is -4.53. The lowest BCUT2D eigenvalue weighted by molar-refractivity contribution is 0.418. The van der Waals surface area contributed by atoms with Gasteiger partial charge in [-0.15, -0.1) is 0 Å². The number of nitrogens with two attached hydrogens (primary N) is 1. The first-order chi connectivity index (χ1) is 14.7. The maximum Gasteiger partial charge on any atom is 0.299 e. The van der Waals surface area contributed by atoms with E-state index in [0.29, 0.717) is 11.3 Å². The van der Waals surface area contributed by atoms with Crippen molar-refractivity contribution in [2.24, 2.45) is 10.7 Å². The van der Waals surface area contributed by atoms with Crippen molar-refractivity contribution in [2.75, 3.05) is 19.0 Å². The quantitative estimate of drug-likeness (QED) is 0.410. The topological polar surface area (TPSA) is 148 Å². The molecule has 0 radical (unpaired) electrons. The van der Waals surface area contributed by atoms with Crippen LogP contribution in [0.2, 0.25) is 0 Å². The summed E-state index contributed by atoms with van der Waals surface area (Å²) in [7, 11) is -1.43. The van der Waals surface area contributed by atoms with E-state index < -0.39 is 20.8 Å². The standard InChI is InChI=1S/C19H19FN6O4S/c1-26(2)19-17(31(27,28)29)11-23-18(24-19)14(21)9-16(15-7-8-30-25-15)22-10-12-5-3-4-6-13(12)20/h3-9,11H,10,21H2,1-2H3,(H,27,28,29)/b14-9-,22-16?. The lowest BCUT2D eigenvalue weighted by atomic mass is 10.2. The zero-order valence-corrected chi connectivity index (χ0v) is 17.4. The number of allylic oxidation sites excluding steroid dienone is 1. The van der Waals surface area contributed by atoms with Crippen molar-refractivity contribution in [1.29, 1.82) is 0 Å². The second-order valence-corrected chi connectivity index (χ2v) is 7.92. The molecule has 0 bridgehead atoms. The molecule has 3 aromatic rings. The number of hydrogen-bond acceptors (Lipinski definition) is 9. The molecule has 0 unspecified atom stereocenters. The Kier molecular flexibility index (Phi) is 6.42. The molecule has 0 aliphatic heterocycles. The fourth-order valence-corrected chi connectivity index (χ4v) is 3.20. The smallest absolute Gasteiger partial charge is 0.299 e. The Balaban J connectivity index is 2.02. The summed E-state index contributed by atoms with van der Waals surface area (Å²) in [5.41, 5.74) is 7.17. The van der Waals surface area contributed by atoms with E-state index in [-0.39, 0.29) is 29.6 Å². The number of aromatic nitrogens is 3. The van der Waals surface area contributed by atoms with E-state index in [9.17, 15) is 17.4 Å². The molecule has 0 aliphatic rings. The van der Waals surface area contributed by atoms with Crippen molar-refractivity contribution >= 4 is 27.3 Å². The predicted molar refractivity (Wildman–Crippen MR) is 111 cm³/mol. The monoisotopic (exact) mass is 446 g/mol. The van der Waals surface area contributed by atoms with E-state index >= 15 is 0 Å². The molecule has 12 heteroatoms. The summed E-state index contributed by atoms with van der Waals surface area (Å²) in [5, 5.41) is 3.83. The highest BCUT2D eigenvalue weighted by Gasteiger charge is 2.21. The third-order valence-corrected chi connectivity index (χ3v) is 4.91. The van der Waals surface area contributed by atoms with Gasteiger partial charge in [-0.2, -0.15) is 8.42 Å². The van der Waals surface area contributed by atoms with Crippen LogP contribution in [0.3, 0.4) is 0 Å². The van der Waals surface area contributed by atoms with E-state index in [1.807, 2.05) is 0 Å². The van der Waals surface area contributed by atoms with Crippen LogP contribution in [0, 0.1) is 5.82 Å². The number of benzene rings is 1. The third-order valence-electron chi connectivity index (χ3n) is 4.07. The second kappa shape index (κ2) is 9.02. The van der Waals surface area contributed by atoms with Gasteiger partial charge in [0.2, 0.25) is 0 Å². The Labute approximate surface area is 177 Å². The molecule has 31 heavy (non-hydrogen) atoms. The van der Waals surface area contributed by atoms with E-state index in [1.165, 1.54) is 23.3 Å². The lowest BCUT2D eigenvalue weighted by Gasteiger charge is -2.15. The average Bonchev–Trinajstić information content (AvgIpc) is 3.25. The van der Waals surface area contributed by atoms with Gasteiger partial charge >= 0.3 is 0 Å². The zero-order valence-electron chi connectivity index (χ0n) is 16.6. The summed E-state index contributed by atoms with van der Waals surface area (Å²) in [5.74, 6) is -0.448. The van der Waals surface area contributed by atoms with Crippen LogP contribution in [-0.4, -0.2) is 47.9 Å². The Hall–Kier alpha value is -3.64. The van der Waals surface area contributed by atoms with Gasteiger partial charge in [-0.25, -0.2) is 14.4 Å². The summed E-state index contributed by atoms with van der Waals surface area (Å²) in [4.78, 5) is 13.4. The SMILES string of the molecule is CN(C)c1nc(/C(N)=C/C(=NCc2ccccc2F)c2ccon2)ncc1S(=O)(=O)O. The molecule has 2 aromatic heterocycles. The van der Waals surface area contributed by atoms with Crippen LogP contribution >= 0.6 is 0 Å². The molecule has 0 atom stereocenters. The molecule has 0 fully saturated rings. The van der Waals surface area contributed by atoms with Crippen LogP contribution < -0.4 is 10.6 Å². The van der Waals surface area contributed by atoms with Crippen molar-refractivity contribution < 1.29 is 21.9 Å². The van der Waals surface area contributed by atoms with Crippen molar-refractivity contribution in [3.8, 4) is 0 Å². The molecular weight excluding hydrogens is 427 g/mol. The van der Waals surface area contributed by atoms with Gasteiger partial charge in [0.05, 0.1) is 24.2 Å². The molecular formula is C19H19FN6O4S. The van der Waals surface area contributed by atoms with E-state index in [0.717, 1.165) is 6.20 Å². The Morgan fingerprint density at radius 2 is 2.06 bits per heavy atom. The Morgan fingerprint density at radius 1 is 1.32 bits per heavy atom. The maximum atomic E-state index is 13.9. The lowest BCUT2D eigenvalue weighted by Crippen LogP contribution is -2.18. The molecule has 3 N–H and O–H groups in total. The molecule has 0 aliphatic carbocycles. The summed E-state index contributed by atoms with van der Waals surface area (Å²) >= 11 is 0. The number of rotatable bonds is 7. The van der Waals surface area contributed by atoms with Crippen LogP contribution in [0.4, 0.5) is 10.2 Å². The zero-order chi connectivity index (χ0) is 22.6. The molecule has 0 spiro atoms. The summed E-state index contributed by atoms with van der Waals surface area (Å²) in [6.07, 6.45) is 3.72. The molecule has 0 amide bonds. The molecule has 2 heterocycles. The van der Waals surface area contributed by atoms with Gasteiger partial charge in [-0.05, 0) is 12.1 Å². The predicted octanol–water partition coefficient (Wildman–Crippen LogP) is 1.91. The first kappa shape index (κ1) is 22.1. The number of nitrogens with zero attached hydrogens (tertiary/aromatic N) is 5. The largest absolute Gasteiger partial charge is 0.396 e. The minimum absolute atomic E-state index is 0.00168.